The van der Waals surface area contributed by atoms with E-state index >= 15 is 0 Å². The van der Waals surface area contributed by atoms with Gasteiger partial charge in [0, 0.05) is 12.0 Å². The minimum Gasteiger partial charge on any atom is -0.296 e. The van der Waals surface area contributed by atoms with Gasteiger partial charge in [-0.25, -0.2) is 4.98 Å². The van der Waals surface area contributed by atoms with Gasteiger partial charge in [0.1, 0.15) is 5.82 Å². The fourth-order valence-electron chi connectivity index (χ4n) is 6.15. The second-order valence-electron chi connectivity index (χ2n) is 10.1. The molecule has 0 atom stereocenters. The van der Waals surface area contributed by atoms with Gasteiger partial charge in [-0.3, -0.25) is 4.57 Å². The van der Waals surface area contributed by atoms with Crippen molar-refractivity contribution >= 4 is 43.4 Å². The summed E-state index contributed by atoms with van der Waals surface area (Å²) in [6, 6.07) is 29.5. The molecule has 0 saturated heterocycles. The fraction of sp³-hybridized carbons (Fsp3) is 0.0513. The van der Waals surface area contributed by atoms with E-state index in [4.69, 9.17) is 13.2 Å². The van der Waals surface area contributed by atoms with Crippen molar-refractivity contribution in [2.24, 2.45) is 0 Å². The van der Waals surface area contributed by atoms with Crippen molar-refractivity contribution in [1.82, 2.24) is 9.55 Å². The molecule has 2 heteroatoms. The van der Waals surface area contributed by atoms with Gasteiger partial charge in [-0.15, -0.1) is 0 Å². The lowest BCUT2D eigenvalue weighted by atomic mass is 9.84. The van der Waals surface area contributed by atoms with E-state index in [9.17, 15) is 1.37 Å². The van der Waals surface area contributed by atoms with Crippen LogP contribution in [0.5, 0.6) is 0 Å². The molecule has 0 bridgehead atoms. The molecule has 0 aliphatic heterocycles. The Kier molecular flexibility index (Phi) is 4.03. The smallest absolute Gasteiger partial charge is 0.114 e. The molecule has 0 N–H and O–H groups in total. The lowest BCUT2D eigenvalue weighted by Gasteiger charge is -2.21. The minimum atomic E-state index is -0.468. The van der Waals surface area contributed by atoms with E-state index in [1.165, 1.54) is 0 Å². The van der Waals surface area contributed by atoms with E-state index in [2.05, 4.69) is 29.7 Å². The first-order valence-electron chi connectivity index (χ1n) is 17.2. The number of aryl methyl sites for hydroxylation is 1. The van der Waals surface area contributed by atoms with E-state index in [-0.39, 0.29) is 46.5 Å². The SMILES string of the molecule is [2H]c1c([2H])c([2H])c2c(-c3c4ccccc4c(-c4ccccc4-n4c(CC)nc5ccccc54)c4ccccc34)c([2H])c([2H])c([2H])c2c1[2H]. The predicted octanol–water partition coefficient (Wildman–Crippen LogP) is 10.4. The largest absolute Gasteiger partial charge is 0.296 e. The molecule has 7 aromatic carbocycles. The molecule has 0 spiro atoms. The average molecular weight is 532 g/mol. The van der Waals surface area contributed by atoms with Gasteiger partial charge in [-0.1, -0.05) is 128 Å². The highest BCUT2D eigenvalue weighted by atomic mass is 15.1. The molecule has 2 nitrogen and oxygen atoms in total. The molecule has 1 heterocycles. The van der Waals surface area contributed by atoms with Gasteiger partial charge in [-0.2, -0.15) is 0 Å². The van der Waals surface area contributed by atoms with Crippen molar-refractivity contribution in [3.8, 4) is 27.9 Å². The zero-order valence-corrected chi connectivity index (χ0v) is 22.3. The number of hydrogen-bond acceptors (Lipinski definition) is 1. The normalized spacial score (nSPS) is 14.0. The first-order chi connectivity index (χ1) is 23.2. The van der Waals surface area contributed by atoms with Crippen LogP contribution in [0.1, 0.15) is 22.3 Å². The van der Waals surface area contributed by atoms with Crippen LogP contribution in [0.3, 0.4) is 0 Å². The van der Waals surface area contributed by atoms with Crippen LogP contribution in [0, 0.1) is 0 Å². The maximum Gasteiger partial charge on any atom is 0.114 e. The summed E-state index contributed by atoms with van der Waals surface area (Å²) in [5.74, 6) is 0.937. The van der Waals surface area contributed by atoms with Crippen LogP contribution in [0.4, 0.5) is 0 Å². The van der Waals surface area contributed by atoms with Crippen molar-refractivity contribution in [3.05, 3.63) is 145 Å². The van der Waals surface area contributed by atoms with Gasteiger partial charge < -0.3 is 0 Å². The number of benzene rings is 7. The first-order valence-corrected chi connectivity index (χ1v) is 13.7. The molecule has 1 aromatic heterocycles. The quantitative estimate of drug-likeness (QED) is 0.207. The zero-order chi connectivity index (χ0) is 33.4. The van der Waals surface area contributed by atoms with Gasteiger partial charge in [0.25, 0.3) is 0 Å². The van der Waals surface area contributed by atoms with Crippen LogP contribution in [-0.4, -0.2) is 9.55 Å². The number of fused-ring (bicyclic) bond motifs is 4. The van der Waals surface area contributed by atoms with Crippen molar-refractivity contribution in [1.29, 1.82) is 0 Å². The van der Waals surface area contributed by atoms with Gasteiger partial charge in [-0.05, 0) is 67.2 Å². The molecule has 8 rings (SSSR count). The molecule has 0 aliphatic rings. The van der Waals surface area contributed by atoms with Gasteiger partial charge in [0.15, 0.2) is 0 Å². The second-order valence-corrected chi connectivity index (χ2v) is 10.1. The van der Waals surface area contributed by atoms with Crippen molar-refractivity contribution in [2.45, 2.75) is 13.3 Å². The van der Waals surface area contributed by atoms with Crippen molar-refractivity contribution in [2.75, 3.05) is 0 Å². The Labute approximate surface area is 249 Å². The number of hydrogen-bond donors (Lipinski definition) is 0. The Morgan fingerprint density at radius 1 is 0.585 bits per heavy atom. The van der Waals surface area contributed by atoms with Crippen LogP contribution in [0.2, 0.25) is 0 Å². The van der Waals surface area contributed by atoms with E-state index in [0.717, 1.165) is 61.6 Å². The van der Waals surface area contributed by atoms with Crippen LogP contribution < -0.4 is 0 Å². The Morgan fingerprint density at radius 3 is 1.90 bits per heavy atom. The lowest BCUT2D eigenvalue weighted by Crippen LogP contribution is -2.03. The Morgan fingerprint density at radius 2 is 1.17 bits per heavy atom. The van der Waals surface area contributed by atoms with E-state index in [1.807, 2.05) is 78.9 Å². The van der Waals surface area contributed by atoms with Gasteiger partial charge in [0.05, 0.1) is 26.3 Å². The zero-order valence-electron chi connectivity index (χ0n) is 29.3. The summed E-state index contributed by atoms with van der Waals surface area (Å²) in [5.41, 5.74) is 5.66. The number of nitrogens with zero attached hydrogens (tertiary/aromatic N) is 2. The molecule has 0 saturated carbocycles. The van der Waals surface area contributed by atoms with Crippen LogP contribution in [0.15, 0.2) is 139 Å². The van der Waals surface area contributed by atoms with Gasteiger partial charge >= 0.3 is 0 Å². The Balaban J connectivity index is 1.57. The molecule has 0 aliphatic carbocycles. The monoisotopic (exact) mass is 531 g/mol. The van der Waals surface area contributed by atoms with Crippen LogP contribution in [-0.2, 0) is 6.42 Å². The highest BCUT2D eigenvalue weighted by molar-refractivity contribution is 6.24. The predicted molar refractivity (Wildman–Crippen MR) is 174 cm³/mol. The Hall–Kier alpha value is -5.21. The topological polar surface area (TPSA) is 17.8 Å². The summed E-state index contributed by atoms with van der Waals surface area (Å²) < 4.78 is 63.3. The first kappa shape index (κ1) is 17.5. The molecular weight excluding hydrogens is 496 g/mol. The summed E-state index contributed by atoms with van der Waals surface area (Å²) in [4.78, 5) is 4.95. The summed E-state index contributed by atoms with van der Waals surface area (Å²) in [6.07, 6.45) is 0.732. The highest BCUT2D eigenvalue weighted by Crippen LogP contribution is 2.46. The van der Waals surface area contributed by atoms with Crippen molar-refractivity contribution in [3.63, 3.8) is 0 Å². The summed E-state index contributed by atoms with van der Waals surface area (Å²) in [6.45, 7) is 2.10. The van der Waals surface area contributed by atoms with Gasteiger partial charge in [0.2, 0.25) is 0 Å². The number of para-hydroxylation sites is 3. The lowest BCUT2D eigenvalue weighted by molar-refractivity contribution is 0.909. The molecule has 0 unspecified atom stereocenters. The molecular formula is C39H28N2. The molecule has 0 radical (unpaired) electrons. The summed E-state index contributed by atoms with van der Waals surface area (Å²) in [5, 5.41) is 3.33. The van der Waals surface area contributed by atoms with E-state index < -0.39 is 12.1 Å². The third-order valence-corrected chi connectivity index (χ3v) is 7.85. The maximum absolute atomic E-state index is 9.20. The summed E-state index contributed by atoms with van der Waals surface area (Å²) in [7, 11) is 0. The molecule has 0 fully saturated rings. The molecule has 41 heavy (non-hydrogen) atoms. The van der Waals surface area contributed by atoms with E-state index in [0.29, 0.717) is 5.56 Å². The van der Waals surface area contributed by atoms with Crippen molar-refractivity contribution < 1.29 is 9.60 Å². The average Bonchev–Trinajstić information content (AvgIpc) is 3.50. The fourth-order valence-corrected chi connectivity index (χ4v) is 6.15. The summed E-state index contributed by atoms with van der Waals surface area (Å²) >= 11 is 0. The van der Waals surface area contributed by atoms with Crippen LogP contribution >= 0.6 is 0 Å². The highest BCUT2D eigenvalue weighted by Gasteiger charge is 2.21. The minimum absolute atomic E-state index is 0.0568. The third kappa shape index (κ3) is 3.61. The third-order valence-electron chi connectivity index (χ3n) is 7.85. The maximum atomic E-state index is 9.20. The number of imidazole rings is 1. The Bertz CT molecular complexity index is 2580. The molecule has 194 valence electrons. The van der Waals surface area contributed by atoms with E-state index in [1.54, 1.807) is 0 Å². The molecule has 8 aromatic rings. The number of aromatic nitrogens is 2. The second kappa shape index (κ2) is 9.46. The molecule has 0 amide bonds. The number of rotatable bonds is 4. The van der Waals surface area contributed by atoms with Crippen LogP contribution in [0.25, 0.3) is 71.3 Å². The standard InChI is InChI=1S/C39H28N2/c1-2-37-40-34-23-10-12-25-36(34)41(37)35-24-11-9-21-33(35)39-31-19-7-5-17-29(31)38(30-18-6-8-20-32(30)39)28-22-13-15-26-14-3-4-16-27(26)28/h3-25H,2H2,1H3/i3D,4D,13D,14D,15D,16D,22D.